The van der Waals surface area contributed by atoms with Crippen LogP contribution in [0.3, 0.4) is 0 Å². The summed E-state index contributed by atoms with van der Waals surface area (Å²) < 4.78 is 5.35. The van der Waals surface area contributed by atoms with Gasteiger partial charge < -0.3 is 15.8 Å². The molecule has 2 aliphatic heterocycles. The highest BCUT2D eigenvalue weighted by atomic mass is 16.6. The highest BCUT2D eigenvalue weighted by Gasteiger charge is 2.44. The van der Waals surface area contributed by atoms with Crippen molar-refractivity contribution in [2.75, 3.05) is 13.1 Å². The van der Waals surface area contributed by atoms with Crippen LogP contribution in [0, 0.1) is 0 Å². The number of carbonyl (C=O) groups excluding carboxylic acids is 3. The van der Waals surface area contributed by atoms with Crippen LogP contribution in [0.25, 0.3) is 0 Å². The summed E-state index contributed by atoms with van der Waals surface area (Å²) in [5.74, 6) is -0.952. The zero-order valence-corrected chi connectivity index (χ0v) is 12.6. The molecule has 2 heterocycles. The van der Waals surface area contributed by atoms with Crippen LogP contribution in [-0.2, 0) is 14.3 Å². The first-order valence-electron chi connectivity index (χ1n) is 7.07. The van der Waals surface area contributed by atoms with Gasteiger partial charge >= 0.3 is 12.0 Å². The molecule has 3 N–H and O–H groups in total. The maximum absolute atomic E-state index is 12.4. The van der Waals surface area contributed by atoms with Gasteiger partial charge in [-0.3, -0.25) is 4.79 Å². The maximum Gasteiger partial charge on any atom is 0.336 e. The van der Waals surface area contributed by atoms with Gasteiger partial charge in [-0.1, -0.05) is 0 Å². The Bertz CT molecular complexity index is 460. The molecule has 1 unspecified atom stereocenters. The lowest BCUT2D eigenvalue weighted by molar-refractivity contribution is -0.178. The van der Waals surface area contributed by atoms with E-state index in [0.717, 1.165) is 0 Å². The van der Waals surface area contributed by atoms with Crippen molar-refractivity contribution in [1.82, 2.24) is 15.3 Å². The number of hydrogen-bond donors (Lipinski definition) is 2. The van der Waals surface area contributed by atoms with Crippen molar-refractivity contribution in [2.45, 2.75) is 51.3 Å². The molecular weight excluding hydrogens is 276 g/mol. The van der Waals surface area contributed by atoms with Crippen LogP contribution in [-0.4, -0.2) is 58.7 Å². The minimum atomic E-state index is -0.859. The van der Waals surface area contributed by atoms with Crippen LogP contribution in [0.2, 0.25) is 0 Å². The first-order chi connectivity index (χ1) is 9.70. The normalized spacial score (nSPS) is 26.9. The molecule has 8 heteroatoms. The molecule has 0 spiro atoms. The van der Waals surface area contributed by atoms with Crippen molar-refractivity contribution in [3.8, 4) is 0 Å². The molecule has 0 aromatic carbocycles. The number of nitrogens with one attached hydrogen (secondary N) is 1. The predicted octanol–water partition coefficient (Wildman–Crippen LogP) is -0.413. The van der Waals surface area contributed by atoms with E-state index in [4.69, 9.17) is 10.5 Å². The molecule has 0 saturated carbocycles. The van der Waals surface area contributed by atoms with Crippen molar-refractivity contribution in [3.63, 3.8) is 0 Å². The molecule has 3 amide bonds. The summed E-state index contributed by atoms with van der Waals surface area (Å²) in [6, 6.07) is -2.08. The van der Waals surface area contributed by atoms with E-state index < -0.39 is 35.6 Å². The van der Waals surface area contributed by atoms with Gasteiger partial charge in [0.1, 0.15) is 11.6 Å². The Morgan fingerprint density at radius 2 is 2.05 bits per heavy atom. The van der Waals surface area contributed by atoms with Crippen LogP contribution in [0.4, 0.5) is 4.79 Å². The third kappa shape index (κ3) is 3.26. The Labute approximate surface area is 123 Å². The van der Waals surface area contributed by atoms with Crippen LogP contribution in [0.15, 0.2) is 0 Å². The number of carbonyl (C=O) groups is 3. The minimum Gasteiger partial charge on any atom is -0.458 e. The molecule has 118 valence electrons. The van der Waals surface area contributed by atoms with E-state index in [1.807, 2.05) is 0 Å². The topological polar surface area (TPSA) is 105 Å². The van der Waals surface area contributed by atoms with Gasteiger partial charge in [0.25, 0.3) is 5.91 Å². The first kappa shape index (κ1) is 15.6. The number of fused-ring (bicyclic) bond motifs is 1. The number of rotatable bonds is 1. The second-order valence-corrected chi connectivity index (χ2v) is 6.29. The second kappa shape index (κ2) is 5.51. The van der Waals surface area contributed by atoms with Gasteiger partial charge in [0.2, 0.25) is 0 Å². The zero-order chi connectivity index (χ0) is 15.8. The Balaban J connectivity index is 2.27. The van der Waals surface area contributed by atoms with Gasteiger partial charge in [-0.2, -0.15) is 0 Å². The largest absolute Gasteiger partial charge is 0.458 e. The molecule has 2 atom stereocenters. The fourth-order valence-corrected chi connectivity index (χ4v) is 2.44. The van der Waals surface area contributed by atoms with Gasteiger partial charge in [-0.15, -0.1) is 0 Å². The van der Waals surface area contributed by atoms with E-state index in [0.29, 0.717) is 19.4 Å². The van der Waals surface area contributed by atoms with E-state index in [1.165, 1.54) is 10.0 Å². The molecule has 21 heavy (non-hydrogen) atoms. The van der Waals surface area contributed by atoms with Crippen LogP contribution < -0.4 is 11.1 Å². The minimum absolute atomic E-state index is 0.0612. The molecule has 0 aromatic heterocycles. The molecule has 2 rings (SSSR count). The SMILES string of the molecule is CC(C)(C)OC(=O)[C@@H]1CCCN2C(=O)NCC(N)C(=O)N12. The highest BCUT2D eigenvalue weighted by Crippen LogP contribution is 2.23. The number of urea groups is 1. The highest BCUT2D eigenvalue weighted by molar-refractivity contribution is 5.91. The second-order valence-electron chi connectivity index (χ2n) is 6.29. The summed E-state index contributed by atoms with van der Waals surface area (Å²) in [6.45, 7) is 5.71. The van der Waals surface area contributed by atoms with Gasteiger partial charge in [0, 0.05) is 13.1 Å². The van der Waals surface area contributed by atoms with E-state index >= 15 is 0 Å². The summed E-state index contributed by atoms with van der Waals surface area (Å²) >= 11 is 0. The average molecular weight is 298 g/mol. The van der Waals surface area contributed by atoms with E-state index in [9.17, 15) is 14.4 Å². The van der Waals surface area contributed by atoms with Crippen LogP contribution in [0.1, 0.15) is 33.6 Å². The lowest BCUT2D eigenvalue weighted by atomic mass is 10.1. The summed E-state index contributed by atoms with van der Waals surface area (Å²) in [6.07, 6.45) is 1.08. The molecule has 0 aromatic rings. The van der Waals surface area contributed by atoms with Crippen molar-refractivity contribution >= 4 is 17.9 Å². The summed E-state index contributed by atoms with van der Waals surface area (Å²) in [5, 5.41) is 5.01. The summed E-state index contributed by atoms with van der Waals surface area (Å²) in [5.41, 5.74) is 5.10. The molecular formula is C13H22N4O4. The first-order valence-corrected chi connectivity index (χ1v) is 7.07. The van der Waals surface area contributed by atoms with E-state index in [2.05, 4.69) is 5.32 Å². The third-order valence-corrected chi connectivity index (χ3v) is 3.33. The molecule has 2 aliphatic rings. The molecule has 0 aliphatic carbocycles. The van der Waals surface area contributed by atoms with Gasteiger partial charge in [-0.05, 0) is 33.6 Å². The number of ether oxygens (including phenoxy) is 1. The van der Waals surface area contributed by atoms with Crippen molar-refractivity contribution in [1.29, 1.82) is 0 Å². The number of hydrogen-bond acceptors (Lipinski definition) is 5. The fraction of sp³-hybridized carbons (Fsp3) is 0.769. The Hall–Kier alpha value is -1.83. The lowest BCUT2D eigenvalue weighted by Crippen LogP contribution is -2.62. The number of hydrazine groups is 1. The maximum atomic E-state index is 12.4. The number of nitrogens with two attached hydrogens (primary N) is 1. The zero-order valence-electron chi connectivity index (χ0n) is 12.6. The Morgan fingerprint density at radius 1 is 1.38 bits per heavy atom. The summed E-state index contributed by atoms with van der Waals surface area (Å²) in [4.78, 5) is 36.7. The van der Waals surface area contributed by atoms with Gasteiger partial charge in [0.15, 0.2) is 6.04 Å². The molecule has 0 radical (unpaired) electrons. The summed E-state index contributed by atoms with van der Waals surface area (Å²) in [7, 11) is 0. The standard InChI is InChI=1S/C13H22N4O4/c1-13(2,3)21-11(19)9-5-4-6-16-12(20)15-7-8(14)10(18)17(9)16/h8-9H,4-7,14H2,1-3H3,(H,15,20)/t8?,9-/m0/s1. The van der Waals surface area contributed by atoms with Crippen molar-refractivity contribution < 1.29 is 19.1 Å². The molecule has 0 bridgehead atoms. The Kier molecular flexibility index (Phi) is 4.08. The van der Waals surface area contributed by atoms with Crippen LogP contribution >= 0.6 is 0 Å². The van der Waals surface area contributed by atoms with Gasteiger partial charge in [0.05, 0.1) is 0 Å². The lowest BCUT2D eigenvalue weighted by Gasteiger charge is -2.42. The van der Waals surface area contributed by atoms with Crippen LogP contribution in [0.5, 0.6) is 0 Å². The third-order valence-electron chi connectivity index (χ3n) is 3.33. The number of amides is 3. The van der Waals surface area contributed by atoms with Crippen molar-refractivity contribution in [2.24, 2.45) is 5.73 Å². The monoisotopic (exact) mass is 298 g/mol. The average Bonchev–Trinajstić information content (AvgIpc) is 2.50. The van der Waals surface area contributed by atoms with E-state index in [-0.39, 0.29) is 6.54 Å². The van der Waals surface area contributed by atoms with Crippen molar-refractivity contribution in [3.05, 3.63) is 0 Å². The van der Waals surface area contributed by atoms with E-state index in [1.54, 1.807) is 20.8 Å². The smallest absolute Gasteiger partial charge is 0.336 e. The predicted molar refractivity (Wildman–Crippen MR) is 73.8 cm³/mol. The van der Waals surface area contributed by atoms with Gasteiger partial charge in [-0.25, -0.2) is 19.6 Å². The molecule has 2 fully saturated rings. The molecule has 8 nitrogen and oxygen atoms in total. The number of nitrogens with zero attached hydrogens (tertiary/aromatic N) is 2. The molecule has 2 saturated heterocycles. The fourth-order valence-electron chi connectivity index (χ4n) is 2.44. The Morgan fingerprint density at radius 3 is 2.67 bits per heavy atom. The quantitative estimate of drug-likeness (QED) is 0.640. The number of esters is 1.